The molecular formula is C20H31NO3. The first-order valence-electron chi connectivity index (χ1n) is 9.11. The van der Waals surface area contributed by atoms with Crippen LogP contribution in [0.2, 0.25) is 0 Å². The van der Waals surface area contributed by atoms with Gasteiger partial charge >= 0.3 is 0 Å². The summed E-state index contributed by atoms with van der Waals surface area (Å²) in [6, 6.07) is 8.23. The van der Waals surface area contributed by atoms with Gasteiger partial charge in [0.05, 0.1) is 19.3 Å². The quantitative estimate of drug-likeness (QED) is 0.750. The molecule has 0 N–H and O–H groups in total. The van der Waals surface area contributed by atoms with Gasteiger partial charge in [-0.25, -0.2) is 0 Å². The number of ether oxygens (including phenoxy) is 2. The summed E-state index contributed by atoms with van der Waals surface area (Å²) in [6.45, 7) is 4.96. The number of amides is 1. The van der Waals surface area contributed by atoms with Gasteiger partial charge < -0.3 is 14.4 Å². The second-order valence-electron chi connectivity index (χ2n) is 6.53. The van der Waals surface area contributed by atoms with E-state index in [-0.39, 0.29) is 12.0 Å². The van der Waals surface area contributed by atoms with Crippen molar-refractivity contribution in [3.63, 3.8) is 0 Å². The Morgan fingerprint density at radius 1 is 1.12 bits per heavy atom. The van der Waals surface area contributed by atoms with Crippen molar-refractivity contribution >= 4 is 5.91 Å². The van der Waals surface area contributed by atoms with E-state index in [1.165, 1.54) is 5.56 Å². The Morgan fingerprint density at radius 3 is 2.21 bits per heavy atom. The van der Waals surface area contributed by atoms with E-state index in [0.717, 1.165) is 44.4 Å². The molecule has 1 aliphatic carbocycles. The zero-order valence-electron chi connectivity index (χ0n) is 15.5. The van der Waals surface area contributed by atoms with Crippen LogP contribution in [0.25, 0.3) is 0 Å². The molecule has 2 rings (SSSR count). The highest BCUT2D eigenvalue weighted by Crippen LogP contribution is 2.32. The molecule has 1 atom stereocenters. The summed E-state index contributed by atoms with van der Waals surface area (Å²) >= 11 is 0. The Morgan fingerprint density at radius 2 is 1.75 bits per heavy atom. The molecule has 0 saturated heterocycles. The molecular weight excluding hydrogens is 302 g/mol. The molecule has 1 fully saturated rings. The van der Waals surface area contributed by atoms with Gasteiger partial charge in [0.25, 0.3) is 0 Å². The number of hydrogen-bond donors (Lipinski definition) is 0. The number of benzene rings is 1. The van der Waals surface area contributed by atoms with Crippen molar-refractivity contribution in [1.82, 2.24) is 4.90 Å². The number of methoxy groups -OCH3 is 2. The SMILES string of the molecule is CC[C@H](c1ccc(OC)cc1)N(CC)C(=O)C1CCC(OC)CC1. The van der Waals surface area contributed by atoms with Crippen molar-refractivity contribution in [2.24, 2.45) is 5.92 Å². The van der Waals surface area contributed by atoms with E-state index in [2.05, 4.69) is 30.9 Å². The number of carbonyl (C=O) groups excluding carboxylic acids is 1. The van der Waals surface area contributed by atoms with Gasteiger partial charge in [-0.2, -0.15) is 0 Å². The van der Waals surface area contributed by atoms with Crippen LogP contribution < -0.4 is 4.74 Å². The molecule has 1 aromatic carbocycles. The lowest BCUT2D eigenvalue weighted by atomic mass is 9.85. The standard InChI is InChI=1S/C20H31NO3/c1-5-19(15-7-11-17(23-3)12-8-15)21(6-2)20(22)16-9-13-18(24-4)14-10-16/h7-8,11-12,16,18-19H,5-6,9-10,13-14H2,1-4H3/t16?,18?,19-/m1/s1. The summed E-state index contributed by atoms with van der Waals surface area (Å²) in [4.78, 5) is 15.1. The van der Waals surface area contributed by atoms with Crippen molar-refractivity contribution in [3.8, 4) is 5.75 Å². The van der Waals surface area contributed by atoms with Gasteiger partial charge in [0.15, 0.2) is 0 Å². The molecule has 0 heterocycles. The number of carbonyl (C=O) groups is 1. The first-order chi connectivity index (χ1) is 11.6. The van der Waals surface area contributed by atoms with Crippen molar-refractivity contribution in [1.29, 1.82) is 0 Å². The van der Waals surface area contributed by atoms with Gasteiger partial charge in [-0.1, -0.05) is 19.1 Å². The van der Waals surface area contributed by atoms with Crippen LogP contribution >= 0.6 is 0 Å². The zero-order chi connectivity index (χ0) is 17.5. The fraction of sp³-hybridized carbons (Fsp3) is 0.650. The molecule has 0 unspecified atom stereocenters. The molecule has 1 aliphatic rings. The minimum absolute atomic E-state index is 0.133. The number of rotatable bonds is 7. The van der Waals surface area contributed by atoms with E-state index in [1.54, 1.807) is 14.2 Å². The maximum Gasteiger partial charge on any atom is 0.226 e. The van der Waals surface area contributed by atoms with E-state index < -0.39 is 0 Å². The zero-order valence-corrected chi connectivity index (χ0v) is 15.5. The van der Waals surface area contributed by atoms with E-state index in [9.17, 15) is 4.79 Å². The fourth-order valence-corrected chi connectivity index (χ4v) is 3.77. The van der Waals surface area contributed by atoms with Crippen LogP contribution in [0.3, 0.4) is 0 Å². The van der Waals surface area contributed by atoms with Crippen LogP contribution in [0.1, 0.15) is 57.6 Å². The van der Waals surface area contributed by atoms with Crippen LogP contribution in [0.4, 0.5) is 0 Å². The average Bonchev–Trinajstić information content (AvgIpc) is 2.65. The summed E-state index contributed by atoms with van der Waals surface area (Å²) in [6.07, 6.45) is 5.10. The molecule has 0 radical (unpaired) electrons. The fourth-order valence-electron chi connectivity index (χ4n) is 3.77. The third kappa shape index (κ3) is 4.29. The first kappa shape index (κ1) is 18.8. The Balaban J connectivity index is 2.10. The second-order valence-corrected chi connectivity index (χ2v) is 6.53. The summed E-state index contributed by atoms with van der Waals surface area (Å²) in [7, 11) is 3.44. The Labute approximate surface area is 146 Å². The molecule has 0 aromatic heterocycles. The predicted molar refractivity (Wildman–Crippen MR) is 96.2 cm³/mol. The minimum Gasteiger partial charge on any atom is -0.497 e. The van der Waals surface area contributed by atoms with Gasteiger partial charge in [0, 0.05) is 19.6 Å². The number of nitrogens with zero attached hydrogens (tertiary/aromatic N) is 1. The van der Waals surface area contributed by atoms with Gasteiger partial charge in [-0.15, -0.1) is 0 Å². The second kappa shape index (κ2) is 9.07. The largest absolute Gasteiger partial charge is 0.497 e. The Bertz CT molecular complexity index is 506. The predicted octanol–water partition coefficient (Wildman–Crippen LogP) is 4.20. The van der Waals surface area contributed by atoms with E-state index >= 15 is 0 Å². The van der Waals surface area contributed by atoms with E-state index in [4.69, 9.17) is 9.47 Å². The first-order valence-corrected chi connectivity index (χ1v) is 9.11. The Kier molecular flexibility index (Phi) is 7.10. The molecule has 134 valence electrons. The van der Waals surface area contributed by atoms with Gasteiger partial charge in [-0.3, -0.25) is 4.79 Å². The lowest BCUT2D eigenvalue weighted by Crippen LogP contribution is -2.40. The van der Waals surface area contributed by atoms with Gasteiger partial charge in [0.1, 0.15) is 5.75 Å². The molecule has 4 heteroatoms. The van der Waals surface area contributed by atoms with Crippen molar-refractivity contribution in [3.05, 3.63) is 29.8 Å². The minimum atomic E-state index is 0.133. The maximum absolute atomic E-state index is 13.1. The van der Waals surface area contributed by atoms with Crippen LogP contribution in [0.5, 0.6) is 5.75 Å². The lowest BCUT2D eigenvalue weighted by molar-refractivity contribution is -0.139. The summed E-state index contributed by atoms with van der Waals surface area (Å²) in [5, 5.41) is 0. The van der Waals surface area contributed by atoms with Crippen molar-refractivity contribution in [2.75, 3.05) is 20.8 Å². The average molecular weight is 333 g/mol. The number of hydrogen-bond acceptors (Lipinski definition) is 3. The smallest absolute Gasteiger partial charge is 0.226 e. The summed E-state index contributed by atoms with van der Waals surface area (Å²) in [5.74, 6) is 1.29. The molecule has 0 aliphatic heterocycles. The monoisotopic (exact) mass is 333 g/mol. The van der Waals surface area contributed by atoms with E-state index in [0.29, 0.717) is 12.0 Å². The molecule has 1 aromatic rings. The normalized spacial score (nSPS) is 22.0. The molecule has 1 amide bonds. The van der Waals surface area contributed by atoms with Crippen LogP contribution in [0, 0.1) is 5.92 Å². The topological polar surface area (TPSA) is 38.8 Å². The Hall–Kier alpha value is -1.55. The van der Waals surface area contributed by atoms with Crippen molar-refractivity contribution in [2.45, 2.75) is 58.1 Å². The molecule has 1 saturated carbocycles. The highest BCUT2D eigenvalue weighted by Gasteiger charge is 2.32. The highest BCUT2D eigenvalue weighted by atomic mass is 16.5. The third-order valence-corrected chi connectivity index (χ3v) is 5.24. The molecule has 24 heavy (non-hydrogen) atoms. The van der Waals surface area contributed by atoms with Crippen LogP contribution in [-0.4, -0.2) is 37.7 Å². The van der Waals surface area contributed by atoms with Gasteiger partial charge in [0.2, 0.25) is 5.91 Å². The maximum atomic E-state index is 13.1. The van der Waals surface area contributed by atoms with E-state index in [1.807, 2.05) is 12.1 Å². The lowest BCUT2D eigenvalue weighted by Gasteiger charge is -2.36. The molecule has 0 spiro atoms. The highest BCUT2D eigenvalue weighted by molar-refractivity contribution is 5.79. The van der Waals surface area contributed by atoms with Crippen molar-refractivity contribution < 1.29 is 14.3 Å². The van der Waals surface area contributed by atoms with Crippen LogP contribution in [0.15, 0.2) is 24.3 Å². The third-order valence-electron chi connectivity index (χ3n) is 5.24. The summed E-state index contributed by atoms with van der Waals surface area (Å²) < 4.78 is 10.7. The van der Waals surface area contributed by atoms with Crippen LogP contribution in [-0.2, 0) is 9.53 Å². The summed E-state index contributed by atoms with van der Waals surface area (Å²) in [5.41, 5.74) is 1.18. The molecule has 0 bridgehead atoms. The molecule has 4 nitrogen and oxygen atoms in total. The van der Waals surface area contributed by atoms with Gasteiger partial charge in [-0.05, 0) is 56.7 Å².